The second-order valence-electron chi connectivity index (χ2n) is 14.1. The van der Waals surface area contributed by atoms with Gasteiger partial charge >= 0.3 is 0 Å². The van der Waals surface area contributed by atoms with E-state index in [-0.39, 0.29) is 28.9 Å². The smallest absolute Gasteiger partial charge is 0.239 e. The molecule has 0 unspecified atom stereocenters. The van der Waals surface area contributed by atoms with Crippen molar-refractivity contribution in [2.75, 3.05) is 32.2 Å². The van der Waals surface area contributed by atoms with E-state index in [0.29, 0.717) is 34.9 Å². The van der Waals surface area contributed by atoms with Crippen LogP contribution < -0.4 is 14.4 Å². The van der Waals surface area contributed by atoms with E-state index in [1.54, 1.807) is 14.2 Å². The molecule has 2 saturated heterocycles. The third-order valence-electron chi connectivity index (χ3n) is 12.4. The van der Waals surface area contributed by atoms with Gasteiger partial charge in [0.2, 0.25) is 5.91 Å². The molecule has 3 heterocycles. The molecule has 0 aromatic heterocycles. The molecule has 2 saturated carbocycles. The summed E-state index contributed by atoms with van der Waals surface area (Å²) in [5.41, 5.74) is 3.88. The lowest BCUT2D eigenvalue weighted by Gasteiger charge is -2.50. The third kappa shape index (κ3) is 4.25. The molecule has 3 aliphatic heterocycles. The highest BCUT2D eigenvalue weighted by Gasteiger charge is 2.77. The number of carbonyl (C=O) groups excluding carboxylic acids is 1. The molecule has 0 N–H and O–H groups in total. The van der Waals surface area contributed by atoms with Crippen molar-refractivity contribution in [1.29, 1.82) is 0 Å². The van der Waals surface area contributed by atoms with Gasteiger partial charge in [-0.05, 0) is 97.0 Å². The molecule has 6 nitrogen and oxygen atoms in total. The van der Waals surface area contributed by atoms with Crippen LogP contribution in [0.15, 0.2) is 60.7 Å². The number of methoxy groups -OCH3 is 2. The Morgan fingerprint density at radius 1 is 0.933 bits per heavy atom. The number of anilines is 1. The number of carbonyl (C=O) groups is 1. The van der Waals surface area contributed by atoms with Crippen molar-refractivity contribution in [2.45, 2.75) is 69.7 Å². The number of para-hydroxylation sites is 1. The van der Waals surface area contributed by atoms with Gasteiger partial charge in [0, 0.05) is 33.7 Å². The number of piperidine rings is 1. The lowest BCUT2D eigenvalue weighted by Crippen LogP contribution is -2.57. The van der Waals surface area contributed by atoms with E-state index in [1.807, 2.05) is 47.4 Å². The van der Waals surface area contributed by atoms with E-state index in [1.165, 1.54) is 12.0 Å². The first-order valence-electron chi connectivity index (χ1n) is 16.2. The molecule has 45 heavy (non-hydrogen) atoms. The minimum Gasteiger partial charge on any atom is -0.497 e. The molecule has 6 atom stereocenters. The largest absolute Gasteiger partial charge is 0.497 e. The topological polar surface area (TPSA) is 51.2 Å². The highest BCUT2D eigenvalue weighted by Crippen LogP contribution is 2.78. The first-order chi connectivity index (χ1) is 21.7. The van der Waals surface area contributed by atoms with Gasteiger partial charge in [0.05, 0.1) is 38.9 Å². The van der Waals surface area contributed by atoms with Crippen molar-refractivity contribution in [3.8, 4) is 11.5 Å². The molecular formula is C37H40Cl2N2O4. The molecule has 1 amide bonds. The van der Waals surface area contributed by atoms with E-state index >= 15 is 0 Å². The minimum absolute atomic E-state index is 0.0994. The molecule has 2 aliphatic carbocycles. The van der Waals surface area contributed by atoms with Gasteiger partial charge in [-0.2, -0.15) is 0 Å². The predicted octanol–water partition coefficient (Wildman–Crippen LogP) is 7.67. The van der Waals surface area contributed by atoms with Gasteiger partial charge in [-0.3, -0.25) is 9.69 Å². The second kappa shape index (κ2) is 10.6. The van der Waals surface area contributed by atoms with Gasteiger partial charge in [0.25, 0.3) is 0 Å². The van der Waals surface area contributed by atoms with Gasteiger partial charge in [-0.15, -0.1) is 0 Å². The summed E-state index contributed by atoms with van der Waals surface area (Å²) in [5, 5.41) is 1.30. The third-order valence-corrected chi connectivity index (χ3v) is 13.1. The van der Waals surface area contributed by atoms with Gasteiger partial charge in [-0.1, -0.05) is 60.5 Å². The van der Waals surface area contributed by atoms with Gasteiger partial charge in [-0.25, -0.2) is 0 Å². The van der Waals surface area contributed by atoms with Crippen molar-refractivity contribution in [1.82, 2.24) is 4.90 Å². The summed E-state index contributed by atoms with van der Waals surface area (Å²) in [6.45, 7) is 5.42. The summed E-state index contributed by atoms with van der Waals surface area (Å²) in [6.07, 6.45) is 5.46. The van der Waals surface area contributed by atoms with E-state index in [4.69, 9.17) is 37.4 Å². The maximum atomic E-state index is 14.8. The summed E-state index contributed by atoms with van der Waals surface area (Å²) in [5.74, 6) is 2.32. The van der Waals surface area contributed by atoms with E-state index in [0.717, 1.165) is 61.3 Å². The maximum absolute atomic E-state index is 14.8. The Morgan fingerprint density at radius 2 is 1.64 bits per heavy atom. The average molecular weight is 648 g/mol. The van der Waals surface area contributed by atoms with Gasteiger partial charge in [0.1, 0.15) is 11.5 Å². The molecule has 0 radical (unpaired) electrons. The van der Waals surface area contributed by atoms with Crippen LogP contribution >= 0.6 is 23.2 Å². The van der Waals surface area contributed by atoms with Crippen LogP contribution in [0.25, 0.3) is 0 Å². The molecule has 8 heteroatoms. The van der Waals surface area contributed by atoms with E-state index < -0.39 is 5.41 Å². The molecule has 3 aromatic carbocycles. The number of ether oxygens (including phenoxy) is 3. The zero-order chi connectivity index (χ0) is 31.1. The normalized spacial score (nSPS) is 33.0. The van der Waals surface area contributed by atoms with Crippen molar-refractivity contribution >= 4 is 34.8 Å². The van der Waals surface area contributed by atoms with Crippen LogP contribution in [0.2, 0.25) is 10.0 Å². The van der Waals surface area contributed by atoms with Crippen LogP contribution in [0.3, 0.4) is 0 Å². The highest BCUT2D eigenvalue weighted by atomic mass is 35.5. The number of amides is 1. The Balaban J connectivity index is 1.07. The Hall–Kier alpha value is -2.77. The first-order valence-corrected chi connectivity index (χ1v) is 16.9. The fourth-order valence-corrected chi connectivity index (χ4v) is 10.4. The van der Waals surface area contributed by atoms with Crippen LogP contribution in [0.1, 0.15) is 55.7 Å². The van der Waals surface area contributed by atoms with Gasteiger partial charge in [0.15, 0.2) is 0 Å². The average Bonchev–Trinajstić information content (AvgIpc) is 3.40. The summed E-state index contributed by atoms with van der Waals surface area (Å²) >= 11 is 13.3. The number of nitrogens with zero attached hydrogens (tertiary/aromatic N) is 2. The summed E-state index contributed by atoms with van der Waals surface area (Å²) in [4.78, 5) is 19.5. The van der Waals surface area contributed by atoms with Crippen molar-refractivity contribution in [3.63, 3.8) is 0 Å². The van der Waals surface area contributed by atoms with E-state index in [2.05, 4.69) is 30.0 Å². The zero-order valence-corrected chi connectivity index (χ0v) is 27.7. The standard InChI is InChI=1S/C37H40Cl2N2O4/c1-35-22-36(35)18-32-37(28-6-4-5-7-31(28)41(34(37)42)19-23-8-11-26(43-2)16-29(23)38)14-15-40(32)20-25(36)10-13-33(35)45-21-24-9-12-27(44-3)17-30(24)39/h4-9,11-12,16-17,25,32-33H,10,13-15,18-22H2,1-3H3/t25-,32-,33-,35-,36+,37-/m0/s1. The van der Waals surface area contributed by atoms with Crippen LogP contribution in [-0.4, -0.2) is 50.3 Å². The molecule has 2 spiro atoms. The summed E-state index contributed by atoms with van der Waals surface area (Å²) in [7, 11) is 3.29. The first kappa shape index (κ1) is 29.6. The van der Waals surface area contributed by atoms with Crippen LogP contribution in [-0.2, 0) is 28.1 Å². The van der Waals surface area contributed by atoms with Crippen molar-refractivity contribution in [3.05, 3.63) is 87.4 Å². The fourth-order valence-electron chi connectivity index (χ4n) is 9.90. The Labute approximate surface area is 275 Å². The quantitative estimate of drug-likeness (QED) is 0.264. The molecule has 236 valence electrons. The van der Waals surface area contributed by atoms with Crippen molar-refractivity contribution in [2.24, 2.45) is 16.7 Å². The molecule has 5 aliphatic rings. The number of rotatable bonds is 7. The summed E-state index contributed by atoms with van der Waals surface area (Å²) < 4.78 is 17.4. The highest BCUT2D eigenvalue weighted by molar-refractivity contribution is 6.31. The number of hydrogen-bond acceptors (Lipinski definition) is 5. The number of halogens is 2. The maximum Gasteiger partial charge on any atom is 0.239 e. The SMILES string of the molecule is COc1ccc(CO[C@H]2CC[C@H]3CN4CC[C@@]5(C(=O)N(Cc6ccc(OC)cc6Cl)c6ccccc65)[C@@H]4C[C@@]34C[C@@]24C)c(Cl)c1. The molecule has 8 rings (SSSR count). The monoisotopic (exact) mass is 646 g/mol. The summed E-state index contributed by atoms with van der Waals surface area (Å²) in [6, 6.07) is 20.2. The van der Waals surface area contributed by atoms with Crippen LogP contribution in [0.4, 0.5) is 5.69 Å². The molecule has 4 fully saturated rings. The fraction of sp³-hybridized carbons (Fsp3) is 0.486. The zero-order valence-electron chi connectivity index (χ0n) is 26.2. The Kier molecular flexibility index (Phi) is 7.00. The van der Waals surface area contributed by atoms with Gasteiger partial charge < -0.3 is 19.1 Å². The lowest BCUT2D eigenvalue weighted by atomic mass is 9.62. The Morgan fingerprint density at radius 3 is 2.36 bits per heavy atom. The number of hydrogen-bond donors (Lipinski definition) is 0. The molecular weight excluding hydrogens is 607 g/mol. The van der Waals surface area contributed by atoms with E-state index in [9.17, 15) is 4.79 Å². The number of benzene rings is 3. The van der Waals surface area contributed by atoms with Crippen molar-refractivity contribution < 1.29 is 19.0 Å². The van der Waals surface area contributed by atoms with Crippen LogP contribution in [0, 0.1) is 16.7 Å². The minimum atomic E-state index is -0.539. The predicted molar refractivity (Wildman–Crippen MR) is 176 cm³/mol. The molecule has 3 aromatic rings. The molecule has 0 bridgehead atoms. The number of fused-ring (bicyclic) bond motifs is 4. The second-order valence-corrected chi connectivity index (χ2v) is 14.9. The van der Waals surface area contributed by atoms with Crippen LogP contribution in [0.5, 0.6) is 11.5 Å². The Bertz CT molecular complexity index is 1680. The lowest BCUT2D eigenvalue weighted by molar-refractivity contribution is -0.126.